The highest BCUT2D eigenvalue weighted by molar-refractivity contribution is 5.77. The molecule has 1 amide bonds. The zero-order valence-corrected chi connectivity index (χ0v) is 15.7. The number of carbonyl (C=O) groups excluding carboxylic acids is 2. The highest BCUT2D eigenvalue weighted by atomic mass is 16.6. The number of rotatable bonds is 15. The minimum atomic E-state index is -0.549. The van der Waals surface area contributed by atoms with Crippen molar-refractivity contribution in [1.29, 1.82) is 0 Å². The number of methoxy groups -OCH3 is 1. The number of amides is 1. The average molecular weight is 345 g/mol. The molecular formula is C18H35NO5. The summed E-state index contributed by atoms with van der Waals surface area (Å²) < 4.78 is 14.8. The van der Waals surface area contributed by atoms with Crippen molar-refractivity contribution < 1.29 is 23.8 Å². The molecule has 0 aromatic heterocycles. The van der Waals surface area contributed by atoms with E-state index in [9.17, 15) is 9.59 Å². The Balaban J connectivity index is 3.47. The Morgan fingerprint density at radius 1 is 0.792 bits per heavy atom. The molecule has 0 atom stereocenters. The minimum absolute atomic E-state index is 0.0940. The summed E-state index contributed by atoms with van der Waals surface area (Å²) in [7, 11) is 3.04. The first-order valence-corrected chi connectivity index (χ1v) is 9.14. The summed E-state index contributed by atoms with van der Waals surface area (Å²) in [6, 6.07) is 0. The number of hydrogen-bond donors (Lipinski definition) is 0. The highest BCUT2D eigenvalue weighted by Gasteiger charge is 2.14. The van der Waals surface area contributed by atoms with Crippen LogP contribution in [0.3, 0.4) is 0 Å². The molecule has 0 aromatic carbocycles. The van der Waals surface area contributed by atoms with E-state index in [4.69, 9.17) is 14.2 Å². The molecule has 0 aliphatic carbocycles. The van der Waals surface area contributed by atoms with Gasteiger partial charge in [-0.2, -0.15) is 0 Å². The number of ether oxygens (including phenoxy) is 3. The summed E-state index contributed by atoms with van der Waals surface area (Å²) in [6.07, 6.45) is 10.4. The lowest BCUT2D eigenvalue weighted by Gasteiger charge is -2.16. The molecule has 0 aliphatic rings. The third-order valence-electron chi connectivity index (χ3n) is 3.70. The van der Waals surface area contributed by atoms with Crippen LogP contribution in [0.5, 0.6) is 0 Å². The third-order valence-corrected chi connectivity index (χ3v) is 3.70. The van der Waals surface area contributed by atoms with Crippen molar-refractivity contribution in [3.05, 3.63) is 0 Å². The van der Waals surface area contributed by atoms with Crippen LogP contribution in [0.25, 0.3) is 0 Å². The van der Waals surface area contributed by atoms with Gasteiger partial charge in [0.2, 0.25) is 0 Å². The van der Waals surface area contributed by atoms with Gasteiger partial charge >= 0.3 is 12.1 Å². The van der Waals surface area contributed by atoms with Gasteiger partial charge in [0, 0.05) is 14.2 Å². The highest BCUT2D eigenvalue weighted by Crippen LogP contribution is 2.09. The lowest BCUT2D eigenvalue weighted by atomic mass is 10.1. The van der Waals surface area contributed by atoms with Gasteiger partial charge in [-0.05, 0) is 6.42 Å². The van der Waals surface area contributed by atoms with E-state index in [1.54, 1.807) is 0 Å². The first kappa shape index (κ1) is 22.7. The van der Waals surface area contributed by atoms with Crippen LogP contribution in [0.2, 0.25) is 0 Å². The Morgan fingerprint density at radius 2 is 1.38 bits per heavy atom. The van der Waals surface area contributed by atoms with Crippen molar-refractivity contribution in [1.82, 2.24) is 4.90 Å². The van der Waals surface area contributed by atoms with Crippen molar-refractivity contribution in [3.63, 3.8) is 0 Å². The van der Waals surface area contributed by atoms with Crippen LogP contribution in [-0.2, 0) is 19.0 Å². The van der Waals surface area contributed by atoms with E-state index in [-0.39, 0.29) is 13.2 Å². The van der Waals surface area contributed by atoms with Gasteiger partial charge in [-0.15, -0.1) is 0 Å². The van der Waals surface area contributed by atoms with Crippen LogP contribution in [-0.4, -0.2) is 57.5 Å². The summed E-state index contributed by atoms with van der Waals surface area (Å²) in [5.74, 6) is -0.402. The summed E-state index contributed by atoms with van der Waals surface area (Å²) in [5.41, 5.74) is 0. The molecule has 0 unspecified atom stereocenters. The van der Waals surface area contributed by atoms with Crippen LogP contribution in [0.15, 0.2) is 0 Å². The Morgan fingerprint density at radius 3 is 1.96 bits per heavy atom. The standard InChI is InChI=1S/C18H35NO5/c1-4-5-6-7-8-9-10-11-12-13-23-17(20)16-19(2)18(21)24-15-14-22-3/h4-16H2,1-3H3. The van der Waals surface area contributed by atoms with E-state index >= 15 is 0 Å². The number of esters is 1. The van der Waals surface area contributed by atoms with Crippen molar-refractivity contribution >= 4 is 12.1 Å². The second-order valence-corrected chi connectivity index (χ2v) is 6.01. The van der Waals surface area contributed by atoms with Crippen molar-refractivity contribution in [2.45, 2.75) is 64.7 Å². The van der Waals surface area contributed by atoms with E-state index in [1.807, 2.05) is 0 Å². The smallest absolute Gasteiger partial charge is 0.410 e. The number of hydrogen-bond acceptors (Lipinski definition) is 5. The van der Waals surface area contributed by atoms with Crippen molar-refractivity contribution in [2.24, 2.45) is 0 Å². The molecule has 0 heterocycles. The number of nitrogens with zero attached hydrogens (tertiary/aromatic N) is 1. The summed E-state index contributed by atoms with van der Waals surface area (Å²) in [5, 5.41) is 0. The fourth-order valence-electron chi connectivity index (χ4n) is 2.23. The fourth-order valence-corrected chi connectivity index (χ4v) is 2.23. The van der Waals surface area contributed by atoms with Gasteiger partial charge in [0.1, 0.15) is 13.2 Å². The molecule has 0 radical (unpaired) electrons. The Labute approximate surface area is 146 Å². The lowest BCUT2D eigenvalue weighted by molar-refractivity contribution is -0.144. The molecular weight excluding hydrogens is 310 g/mol. The van der Waals surface area contributed by atoms with E-state index < -0.39 is 12.1 Å². The van der Waals surface area contributed by atoms with Crippen LogP contribution in [0.1, 0.15) is 64.7 Å². The molecule has 0 saturated heterocycles. The zero-order chi connectivity index (χ0) is 18.0. The molecule has 0 aromatic rings. The largest absolute Gasteiger partial charge is 0.464 e. The van der Waals surface area contributed by atoms with Crippen molar-refractivity contribution in [3.8, 4) is 0 Å². The Kier molecular flexibility index (Phi) is 15.7. The fraction of sp³-hybridized carbons (Fsp3) is 0.889. The first-order chi connectivity index (χ1) is 11.6. The summed E-state index contributed by atoms with van der Waals surface area (Å²) >= 11 is 0. The number of unbranched alkanes of at least 4 members (excludes halogenated alkanes) is 8. The molecule has 0 spiro atoms. The Hall–Kier alpha value is -1.30. The van der Waals surface area contributed by atoms with E-state index in [0.717, 1.165) is 12.8 Å². The monoisotopic (exact) mass is 345 g/mol. The molecule has 0 rings (SSSR count). The van der Waals surface area contributed by atoms with Crippen LogP contribution in [0, 0.1) is 0 Å². The topological polar surface area (TPSA) is 65.1 Å². The molecule has 0 N–H and O–H groups in total. The second kappa shape index (κ2) is 16.6. The maximum atomic E-state index is 11.6. The Bertz CT molecular complexity index is 323. The molecule has 0 fully saturated rings. The normalized spacial score (nSPS) is 10.5. The maximum absolute atomic E-state index is 11.6. The molecule has 0 saturated carbocycles. The predicted molar refractivity (Wildman–Crippen MR) is 94.0 cm³/mol. The lowest BCUT2D eigenvalue weighted by Crippen LogP contribution is -2.34. The van der Waals surface area contributed by atoms with E-state index in [0.29, 0.717) is 13.2 Å². The zero-order valence-electron chi connectivity index (χ0n) is 15.7. The molecule has 0 bridgehead atoms. The average Bonchev–Trinajstić information content (AvgIpc) is 2.56. The minimum Gasteiger partial charge on any atom is -0.464 e. The quantitative estimate of drug-likeness (QED) is 0.334. The number of carbonyl (C=O) groups is 2. The predicted octanol–water partition coefficient (Wildman–Crippen LogP) is 3.78. The SMILES string of the molecule is CCCCCCCCCCCOC(=O)CN(C)C(=O)OCCOC. The van der Waals surface area contributed by atoms with Gasteiger partial charge in [-0.1, -0.05) is 58.3 Å². The summed E-state index contributed by atoms with van der Waals surface area (Å²) in [6.45, 7) is 3.06. The van der Waals surface area contributed by atoms with Gasteiger partial charge < -0.3 is 19.1 Å². The molecule has 142 valence electrons. The van der Waals surface area contributed by atoms with Gasteiger partial charge in [-0.25, -0.2) is 4.79 Å². The van der Waals surface area contributed by atoms with Gasteiger partial charge in [0.15, 0.2) is 0 Å². The molecule has 24 heavy (non-hydrogen) atoms. The van der Waals surface area contributed by atoms with Crippen LogP contribution >= 0.6 is 0 Å². The first-order valence-electron chi connectivity index (χ1n) is 9.14. The maximum Gasteiger partial charge on any atom is 0.410 e. The van der Waals surface area contributed by atoms with E-state index in [2.05, 4.69) is 6.92 Å². The van der Waals surface area contributed by atoms with Gasteiger partial charge in [-0.3, -0.25) is 4.79 Å². The van der Waals surface area contributed by atoms with Crippen LogP contribution in [0.4, 0.5) is 4.79 Å². The summed E-state index contributed by atoms with van der Waals surface area (Å²) in [4.78, 5) is 24.4. The third kappa shape index (κ3) is 14.3. The van der Waals surface area contributed by atoms with Crippen LogP contribution < -0.4 is 0 Å². The van der Waals surface area contributed by atoms with Gasteiger partial charge in [0.05, 0.1) is 13.2 Å². The molecule has 6 heteroatoms. The second-order valence-electron chi connectivity index (χ2n) is 6.01. The van der Waals surface area contributed by atoms with Gasteiger partial charge in [0.25, 0.3) is 0 Å². The number of likely N-dealkylation sites (N-methyl/N-ethyl adjacent to an activating group) is 1. The molecule has 6 nitrogen and oxygen atoms in total. The molecule has 0 aliphatic heterocycles. The van der Waals surface area contributed by atoms with E-state index in [1.165, 1.54) is 64.0 Å². The van der Waals surface area contributed by atoms with Crippen molar-refractivity contribution in [2.75, 3.05) is 40.5 Å².